The van der Waals surface area contributed by atoms with Crippen molar-refractivity contribution >= 4 is 5.84 Å². The van der Waals surface area contributed by atoms with Gasteiger partial charge in [-0.1, -0.05) is 32.1 Å². The topological polar surface area (TPSA) is 38.4 Å². The Morgan fingerprint density at radius 3 is 2.60 bits per heavy atom. The van der Waals surface area contributed by atoms with Crippen LogP contribution in [0, 0.1) is 23.7 Å². The van der Waals surface area contributed by atoms with Crippen LogP contribution in [0.2, 0.25) is 0 Å². The molecule has 3 aliphatic rings. The standard InChI is InChI=1S/C13H16N2/c1-7-5-12(15-13(7)14)9-3-4-10-8(2)11(10)6-9/h3-8,10-11H,1-2H3,(H2,14,15)/t7?,8?,10?,11-/m0/s1. The summed E-state index contributed by atoms with van der Waals surface area (Å²) >= 11 is 0. The van der Waals surface area contributed by atoms with Gasteiger partial charge in [0, 0.05) is 5.92 Å². The summed E-state index contributed by atoms with van der Waals surface area (Å²) in [7, 11) is 0. The second-order valence-corrected chi connectivity index (χ2v) is 4.87. The molecule has 15 heavy (non-hydrogen) atoms. The Bertz CT molecular complexity index is 426. The highest BCUT2D eigenvalue weighted by molar-refractivity contribution is 5.88. The van der Waals surface area contributed by atoms with E-state index in [0.717, 1.165) is 29.3 Å². The molecule has 4 atom stereocenters. The molecule has 0 radical (unpaired) electrons. The van der Waals surface area contributed by atoms with Crippen molar-refractivity contribution in [2.24, 2.45) is 34.4 Å². The molecular weight excluding hydrogens is 184 g/mol. The molecule has 2 heteroatoms. The molecule has 0 bridgehead atoms. The fourth-order valence-electron chi connectivity index (χ4n) is 2.50. The molecule has 0 saturated heterocycles. The molecule has 2 nitrogen and oxygen atoms in total. The fourth-order valence-corrected chi connectivity index (χ4v) is 2.50. The third-order valence-electron chi connectivity index (χ3n) is 3.81. The SMILES string of the molecule is CC1C=C(C2=C[C@H]3C(C)C3C=C2)N=C1N. The van der Waals surface area contributed by atoms with Crippen molar-refractivity contribution in [3.63, 3.8) is 0 Å². The van der Waals surface area contributed by atoms with Crippen LogP contribution in [0.3, 0.4) is 0 Å². The van der Waals surface area contributed by atoms with Crippen LogP contribution in [-0.4, -0.2) is 5.84 Å². The van der Waals surface area contributed by atoms with Crippen molar-refractivity contribution in [1.82, 2.24) is 0 Å². The summed E-state index contributed by atoms with van der Waals surface area (Å²) in [6.07, 6.45) is 9.03. The Morgan fingerprint density at radius 1 is 1.20 bits per heavy atom. The van der Waals surface area contributed by atoms with Gasteiger partial charge < -0.3 is 5.73 Å². The molecule has 0 spiro atoms. The molecule has 1 fully saturated rings. The molecule has 2 N–H and O–H groups in total. The first-order valence-electron chi connectivity index (χ1n) is 5.63. The zero-order chi connectivity index (χ0) is 10.6. The Kier molecular flexibility index (Phi) is 1.70. The summed E-state index contributed by atoms with van der Waals surface area (Å²) < 4.78 is 0. The Balaban J connectivity index is 1.89. The lowest BCUT2D eigenvalue weighted by atomic mass is 10.0. The van der Waals surface area contributed by atoms with Gasteiger partial charge in [-0.05, 0) is 29.4 Å². The molecule has 0 amide bonds. The average Bonchev–Trinajstić information content (AvgIpc) is 2.75. The number of amidine groups is 1. The number of aliphatic imine (C=N–C) groups is 1. The molecular formula is C13H16N2. The van der Waals surface area contributed by atoms with Gasteiger partial charge in [-0.3, -0.25) is 0 Å². The van der Waals surface area contributed by atoms with Crippen molar-refractivity contribution < 1.29 is 0 Å². The van der Waals surface area contributed by atoms with Crippen LogP contribution >= 0.6 is 0 Å². The van der Waals surface area contributed by atoms with Crippen LogP contribution in [0.4, 0.5) is 0 Å². The molecule has 3 unspecified atom stereocenters. The zero-order valence-corrected chi connectivity index (χ0v) is 9.14. The van der Waals surface area contributed by atoms with Gasteiger partial charge in [0.2, 0.25) is 0 Å². The summed E-state index contributed by atoms with van der Waals surface area (Å²) in [6, 6.07) is 0. The van der Waals surface area contributed by atoms with Crippen LogP contribution in [0.25, 0.3) is 0 Å². The Hall–Kier alpha value is -1.31. The van der Waals surface area contributed by atoms with E-state index in [1.54, 1.807) is 0 Å². The number of hydrogen-bond acceptors (Lipinski definition) is 2. The average molecular weight is 200 g/mol. The van der Waals surface area contributed by atoms with E-state index >= 15 is 0 Å². The van der Waals surface area contributed by atoms with Gasteiger partial charge in [-0.15, -0.1) is 0 Å². The lowest BCUT2D eigenvalue weighted by Gasteiger charge is -2.04. The van der Waals surface area contributed by atoms with E-state index in [1.807, 2.05) is 0 Å². The fraction of sp³-hybridized carbons (Fsp3) is 0.462. The minimum absolute atomic E-state index is 0.295. The second-order valence-electron chi connectivity index (χ2n) is 4.87. The summed E-state index contributed by atoms with van der Waals surface area (Å²) in [5.41, 5.74) is 8.12. The van der Waals surface area contributed by atoms with Crippen LogP contribution in [0.1, 0.15) is 13.8 Å². The third kappa shape index (κ3) is 1.28. The Morgan fingerprint density at radius 2 is 2.00 bits per heavy atom. The maximum absolute atomic E-state index is 5.79. The van der Waals surface area contributed by atoms with Crippen molar-refractivity contribution in [1.29, 1.82) is 0 Å². The van der Waals surface area contributed by atoms with E-state index in [9.17, 15) is 0 Å². The molecule has 1 aliphatic heterocycles. The first-order valence-corrected chi connectivity index (χ1v) is 5.63. The molecule has 1 heterocycles. The molecule has 0 aromatic carbocycles. The minimum atomic E-state index is 0.295. The zero-order valence-electron chi connectivity index (χ0n) is 9.14. The maximum Gasteiger partial charge on any atom is 0.106 e. The number of allylic oxidation sites excluding steroid dienone is 3. The van der Waals surface area contributed by atoms with Crippen LogP contribution in [0.5, 0.6) is 0 Å². The van der Waals surface area contributed by atoms with Gasteiger partial charge >= 0.3 is 0 Å². The highest BCUT2D eigenvalue weighted by atomic mass is 14.9. The molecule has 0 aromatic rings. The molecule has 1 saturated carbocycles. The van der Waals surface area contributed by atoms with Crippen molar-refractivity contribution in [3.8, 4) is 0 Å². The van der Waals surface area contributed by atoms with E-state index in [2.05, 4.69) is 43.1 Å². The third-order valence-corrected chi connectivity index (χ3v) is 3.81. The van der Waals surface area contributed by atoms with E-state index in [1.165, 1.54) is 5.57 Å². The summed E-state index contributed by atoms with van der Waals surface area (Å²) in [6.45, 7) is 4.39. The number of nitrogens with two attached hydrogens (primary N) is 1. The highest BCUT2D eigenvalue weighted by Crippen LogP contribution is 2.51. The smallest absolute Gasteiger partial charge is 0.106 e. The number of hydrogen-bond donors (Lipinski definition) is 1. The maximum atomic E-state index is 5.79. The molecule has 3 rings (SSSR count). The van der Waals surface area contributed by atoms with Crippen molar-refractivity contribution in [2.75, 3.05) is 0 Å². The lowest BCUT2D eigenvalue weighted by molar-refractivity contribution is 0.884. The van der Waals surface area contributed by atoms with Gasteiger partial charge in [0.25, 0.3) is 0 Å². The molecule has 2 aliphatic carbocycles. The van der Waals surface area contributed by atoms with Gasteiger partial charge in [-0.25, -0.2) is 4.99 Å². The molecule has 0 aromatic heterocycles. The van der Waals surface area contributed by atoms with E-state index in [-0.39, 0.29) is 0 Å². The quantitative estimate of drug-likeness (QED) is 0.692. The molecule has 78 valence electrons. The van der Waals surface area contributed by atoms with Crippen LogP contribution < -0.4 is 5.73 Å². The van der Waals surface area contributed by atoms with E-state index in [0.29, 0.717) is 5.92 Å². The van der Waals surface area contributed by atoms with Gasteiger partial charge in [0.05, 0.1) is 5.70 Å². The normalized spacial score (nSPS) is 41.9. The number of nitrogens with zero attached hydrogens (tertiary/aromatic N) is 1. The highest BCUT2D eigenvalue weighted by Gasteiger charge is 2.44. The largest absolute Gasteiger partial charge is 0.387 e. The first kappa shape index (κ1) is 8.96. The van der Waals surface area contributed by atoms with E-state index < -0.39 is 0 Å². The number of rotatable bonds is 1. The summed E-state index contributed by atoms with van der Waals surface area (Å²) in [5.74, 6) is 3.39. The lowest BCUT2D eigenvalue weighted by Crippen LogP contribution is -2.15. The van der Waals surface area contributed by atoms with Crippen molar-refractivity contribution in [3.05, 3.63) is 35.6 Å². The predicted octanol–water partition coefficient (Wildman–Crippen LogP) is 2.26. The minimum Gasteiger partial charge on any atom is -0.387 e. The monoisotopic (exact) mass is 200 g/mol. The summed E-state index contributed by atoms with van der Waals surface area (Å²) in [5, 5.41) is 0. The Labute approximate surface area is 90.3 Å². The predicted molar refractivity (Wildman–Crippen MR) is 62.2 cm³/mol. The first-order chi connectivity index (χ1) is 7.16. The van der Waals surface area contributed by atoms with E-state index in [4.69, 9.17) is 5.73 Å². The van der Waals surface area contributed by atoms with Gasteiger partial charge in [0.1, 0.15) is 5.84 Å². The number of fused-ring (bicyclic) bond motifs is 1. The van der Waals surface area contributed by atoms with Crippen LogP contribution in [-0.2, 0) is 0 Å². The second kappa shape index (κ2) is 2.84. The summed E-state index contributed by atoms with van der Waals surface area (Å²) in [4.78, 5) is 4.41. The van der Waals surface area contributed by atoms with Crippen LogP contribution in [0.15, 0.2) is 40.6 Å². The van der Waals surface area contributed by atoms with Crippen molar-refractivity contribution in [2.45, 2.75) is 13.8 Å². The van der Waals surface area contributed by atoms with Gasteiger partial charge in [-0.2, -0.15) is 0 Å². The van der Waals surface area contributed by atoms with Gasteiger partial charge in [0.15, 0.2) is 0 Å².